The molecule has 0 saturated heterocycles. The van der Waals surface area contributed by atoms with Crippen molar-refractivity contribution in [2.75, 3.05) is 7.11 Å². The van der Waals surface area contributed by atoms with Crippen LogP contribution in [0.15, 0.2) is 35.1 Å². The van der Waals surface area contributed by atoms with Gasteiger partial charge in [0.2, 0.25) is 0 Å². The molecule has 1 rings (SSSR count). The van der Waals surface area contributed by atoms with E-state index in [1.807, 2.05) is 19.1 Å². The van der Waals surface area contributed by atoms with Gasteiger partial charge in [-0.2, -0.15) is 0 Å². The van der Waals surface area contributed by atoms with Gasteiger partial charge in [-0.1, -0.05) is 12.2 Å². The maximum absolute atomic E-state index is 7.51. The fourth-order valence-electron chi connectivity index (χ4n) is 1.25. The Morgan fingerprint density at radius 3 is 2.69 bits per heavy atom. The van der Waals surface area contributed by atoms with E-state index in [1.54, 1.807) is 14.0 Å². The Balaban J connectivity index is 2.96. The number of hydrogen-bond acceptors (Lipinski definition) is 2. The van der Waals surface area contributed by atoms with E-state index in [2.05, 4.69) is 6.08 Å². The molecule has 0 fully saturated rings. The lowest BCUT2D eigenvalue weighted by Gasteiger charge is -2.02. The molecule has 0 spiro atoms. The fourth-order valence-corrected chi connectivity index (χ4v) is 1.25. The number of hydrogen-bond donors (Lipinski definition) is 1. The lowest BCUT2D eigenvalue weighted by molar-refractivity contribution is 0.301. The molecule has 0 amide bonds. The summed E-state index contributed by atoms with van der Waals surface area (Å²) < 4.78 is 5.19. The first kappa shape index (κ1) is 9.78. The van der Waals surface area contributed by atoms with Gasteiger partial charge in [-0.05, 0) is 37.5 Å². The van der Waals surface area contributed by atoms with Gasteiger partial charge in [-0.25, -0.2) is 0 Å². The molecule has 0 saturated carbocycles. The molecule has 0 unspecified atom stereocenters. The van der Waals surface area contributed by atoms with Gasteiger partial charge in [0.15, 0.2) is 0 Å². The van der Waals surface area contributed by atoms with Crippen LogP contribution in [0.3, 0.4) is 0 Å². The lowest BCUT2D eigenvalue weighted by Crippen LogP contribution is -1.92. The molecule has 0 aromatic heterocycles. The summed E-state index contributed by atoms with van der Waals surface area (Å²) in [6, 6.07) is 0. The molecular formula is C11H15NO. The zero-order valence-corrected chi connectivity index (χ0v) is 8.35. The van der Waals surface area contributed by atoms with Crippen LogP contribution in [0.5, 0.6) is 0 Å². The summed E-state index contributed by atoms with van der Waals surface area (Å²) in [5, 5.41) is 7.51. The molecule has 0 heterocycles. The molecule has 0 aliphatic heterocycles. The molecule has 0 aromatic rings. The first-order valence-electron chi connectivity index (χ1n) is 4.32. The van der Waals surface area contributed by atoms with Crippen molar-refractivity contribution in [3.63, 3.8) is 0 Å². The second-order valence-electron chi connectivity index (χ2n) is 3.14. The number of ether oxygens (including phenoxy) is 1. The molecule has 0 radical (unpaired) electrons. The first-order chi connectivity index (χ1) is 6.15. The van der Waals surface area contributed by atoms with E-state index in [-0.39, 0.29) is 0 Å². The summed E-state index contributed by atoms with van der Waals surface area (Å²) in [6.45, 7) is 3.83. The molecule has 70 valence electrons. The van der Waals surface area contributed by atoms with E-state index < -0.39 is 0 Å². The minimum Gasteiger partial charge on any atom is -0.497 e. The summed E-state index contributed by atoms with van der Waals surface area (Å²) >= 11 is 0. The second-order valence-corrected chi connectivity index (χ2v) is 3.14. The Kier molecular flexibility index (Phi) is 3.07. The van der Waals surface area contributed by atoms with E-state index >= 15 is 0 Å². The van der Waals surface area contributed by atoms with Crippen LogP contribution in [-0.4, -0.2) is 12.8 Å². The summed E-state index contributed by atoms with van der Waals surface area (Å²) in [4.78, 5) is 0. The Labute approximate surface area is 79.1 Å². The largest absolute Gasteiger partial charge is 0.497 e. The Morgan fingerprint density at radius 2 is 2.15 bits per heavy atom. The van der Waals surface area contributed by atoms with Gasteiger partial charge in [-0.15, -0.1) is 0 Å². The highest BCUT2D eigenvalue weighted by Gasteiger charge is 2.05. The predicted octanol–water partition coefficient (Wildman–Crippen LogP) is 2.83. The normalized spacial score (nSPS) is 16.7. The molecule has 1 aliphatic carbocycles. The van der Waals surface area contributed by atoms with E-state index in [0.29, 0.717) is 5.71 Å². The maximum atomic E-state index is 7.51. The molecule has 1 aliphatic rings. The van der Waals surface area contributed by atoms with Crippen LogP contribution in [0.2, 0.25) is 0 Å². The van der Waals surface area contributed by atoms with Crippen LogP contribution in [0.4, 0.5) is 0 Å². The van der Waals surface area contributed by atoms with E-state index in [4.69, 9.17) is 10.1 Å². The minimum atomic E-state index is 0.623. The third kappa shape index (κ3) is 2.31. The number of allylic oxidation sites excluding steroid dienone is 5. The standard InChI is InChI=1S/C11H15NO/c1-8-4-5-10(9(2)12)6-7-11(8)13-3/h4,6-7,12H,5H2,1-3H3. The van der Waals surface area contributed by atoms with Crippen molar-refractivity contribution in [3.05, 3.63) is 35.1 Å². The average molecular weight is 177 g/mol. The van der Waals surface area contributed by atoms with Crippen molar-refractivity contribution in [2.45, 2.75) is 20.3 Å². The third-order valence-corrected chi connectivity index (χ3v) is 2.15. The van der Waals surface area contributed by atoms with Gasteiger partial charge in [-0.3, -0.25) is 0 Å². The van der Waals surface area contributed by atoms with E-state index in [0.717, 1.165) is 23.3 Å². The molecule has 2 heteroatoms. The van der Waals surface area contributed by atoms with Crippen molar-refractivity contribution in [1.82, 2.24) is 0 Å². The summed E-state index contributed by atoms with van der Waals surface area (Å²) in [7, 11) is 1.67. The van der Waals surface area contributed by atoms with Crippen LogP contribution in [0.1, 0.15) is 20.3 Å². The van der Waals surface area contributed by atoms with E-state index in [9.17, 15) is 0 Å². The van der Waals surface area contributed by atoms with Crippen molar-refractivity contribution in [3.8, 4) is 0 Å². The maximum Gasteiger partial charge on any atom is 0.121 e. The zero-order chi connectivity index (χ0) is 9.84. The molecular weight excluding hydrogens is 162 g/mol. The highest BCUT2D eigenvalue weighted by molar-refractivity contribution is 5.96. The topological polar surface area (TPSA) is 33.1 Å². The number of methoxy groups -OCH3 is 1. The van der Waals surface area contributed by atoms with Crippen LogP contribution in [0, 0.1) is 5.41 Å². The minimum absolute atomic E-state index is 0.623. The molecule has 0 aromatic carbocycles. The van der Waals surface area contributed by atoms with Crippen LogP contribution < -0.4 is 0 Å². The van der Waals surface area contributed by atoms with Crippen molar-refractivity contribution < 1.29 is 4.74 Å². The van der Waals surface area contributed by atoms with Crippen molar-refractivity contribution in [1.29, 1.82) is 5.41 Å². The predicted molar refractivity (Wildman–Crippen MR) is 54.9 cm³/mol. The molecule has 1 N–H and O–H groups in total. The second kappa shape index (κ2) is 4.08. The smallest absolute Gasteiger partial charge is 0.121 e. The Hall–Kier alpha value is -1.31. The van der Waals surface area contributed by atoms with Crippen LogP contribution in [0.25, 0.3) is 0 Å². The zero-order valence-electron chi connectivity index (χ0n) is 8.35. The SMILES string of the molecule is COC1=CC=C(C(C)=N)CC=C1C. The van der Waals surface area contributed by atoms with Gasteiger partial charge >= 0.3 is 0 Å². The average Bonchev–Trinajstić information content (AvgIpc) is 2.27. The number of rotatable bonds is 2. The summed E-state index contributed by atoms with van der Waals surface area (Å²) in [5.74, 6) is 0.885. The molecule has 0 atom stereocenters. The van der Waals surface area contributed by atoms with Gasteiger partial charge in [0, 0.05) is 5.71 Å². The molecule has 2 nitrogen and oxygen atoms in total. The van der Waals surface area contributed by atoms with Gasteiger partial charge in [0.1, 0.15) is 5.76 Å². The van der Waals surface area contributed by atoms with Crippen LogP contribution >= 0.6 is 0 Å². The monoisotopic (exact) mass is 177 g/mol. The van der Waals surface area contributed by atoms with Gasteiger partial charge in [0.05, 0.1) is 7.11 Å². The van der Waals surface area contributed by atoms with Crippen molar-refractivity contribution in [2.24, 2.45) is 0 Å². The summed E-state index contributed by atoms with van der Waals surface area (Å²) in [5.41, 5.74) is 2.80. The molecule has 0 bridgehead atoms. The number of nitrogens with one attached hydrogen (secondary N) is 1. The van der Waals surface area contributed by atoms with Gasteiger partial charge < -0.3 is 10.1 Å². The third-order valence-electron chi connectivity index (χ3n) is 2.15. The van der Waals surface area contributed by atoms with Crippen molar-refractivity contribution >= 4 is 5.71 Å². The highest BCUT2D eigenvalue weighted by atomic mass is 16.5. The molecule has 13 heavy (non-hydrogen) atoms. The fraction of sp³-hybridized carbons (Fsp3) is 0.364. The quantitative estimate of drug-likeness (QED) is 0.646. The van der Waals surface area contributed by atoms with Gasteiger partial charge in [0.25, 0.3) is 0 Å². The lowest BCUT2D eigenvalue weighted by atomic mass is 10.1. The van der Waals surface area contributed by atoms with E-state index in [1.165, 1.54) is 0 Å². The first-order valence-corrected chi connectivity index (χ1v) is 4.32. The Bertz CT molecular complexity index is 308. The summed E-state index contributed by atoms with van der Waals surface area (Å²) in [6.07, 6.45) is 6.79. The highest BCUT2D eigenvalue weighted by Crippen LogP contribution is 2.18. The van der Waals surface area contributed by atoms with Crippen LogP contribution in [-0.2, 0) is 4.74 Å². The Morgan fingerprint density at radius 1 is 1.46 bits per heavy atom.